The van der Waals surface area contributed by atoms with Gasteiger partial charge in [-0.3, -0.25) is 4.90 Å². The van der Waals surface area contributed by atoms with Crippen LogP contribution in [0.4, 0.5) is 4.79 Å². The summed E-state index contributed by atoms with van der Waals surface area (Å²) in [4.78, 5) is 26.2. The molecule has 1 heterocycles. The molecular formula is C23H27NO5. The summed E-state index contributed by atoms with van der Waals surface area (Å²) in [6.07, 6.45) is -0.531. The quantitative estimate of drug-likeness (QED) is 0.721. The molecule has 0 spiro atoms. The Morgan fingerprint density at radius 3 is 2.34 bits per heavy atom. The largest absolute Gasteiger partial charge is 0.488 e. The standard InChI is InChI=1S/C23H27NO5/c1-23(2,3)29-22(26)24-15-19(14-20(24)21(25)27-4)28-18-12-8-11-17(13-18)16-9-6-5-7-10-16/h5-13,19-20H,14-15H2,1-4H3/t19-,20+/m1/s1. The number of esters is 1. The first-order valence-electron chi connectivity index (χ1n) is 9.66. The first-order valence-corrected chi connectivity index (χ1v) is 9.66. The number of rotatable bonds is 4. The zero-order valence-corrected chi connectivity index (χ0v) is 17.3. The van der Waals surface area contributed by atoms with Gasteiger partial charge in [0.05, 0.1) is 13.7 Å². The van der Waals surface area contributed by atoms with Gasteiger partial charge < -0.3 is 14.2 Å². The minimum Gasteiger partial charge on any atom is -0.488 e. The van der Waals surface area contributed by atoms with Gasteiger partial charge in [-0.1, -0.05) is 42.5 Å². The zero-order chi connectivity index (χ0) is 21.0. The number of ether oxygens (including phenoxy) is 3. The summed E-state index contributed by atoms with van der Waals surface area (Å²) in [5.74, 6) is 0.214. The smallest absolute Gasteiger partial charge is 0.411 e. The first-order chi connectivity index (χ1) is 13.8. The lowest BCUT2D eigenvalue weighted by Crippen LogP contribution is -2.44. The zero-order valence-electron chi connectivity index (χ0n) is 17.3. The molecule has 0 radical (unpaired) electrons. The molecule has 6 nitrogen and oxygen atoms in total. The molecule has 2 aromatic carbocycles. The van der Waals surface area contributed by atoms with Crippen LogP contribution in [0.5, 0.6) is 5.75 Å². The van der Waals surface area contributed by atoms with Gasteiger partial charge in [0.1, 0.15) is 23.5 Å². The van der Waals surface area contributed by atoms with E-state index in [2.05, 4.69) is 0 Å². The third-order valence-electron chi connectivity index (χ3n) is 4.61. The van der Waals surface area contributed by atoms with Gasteiger partial charge in [-0.2, -0.15) is 0 Å². The van der Waals surface area contributed by atoms with E-state index in [4.69, 9.17) is 14.2 Å². The maximum absolute atomic E-state index is 12.6. The SMILES string of the molecule is COC(=O)[C@@H]1C[C@@H](Oc2cccc(-c3ccccc3)c2)CN1C(=O)OC(C)(C)C. The van der Waals surface area contributed by atoms with Crippen molar-refractivity contribution in [3.05, 3.63) is 54.6 Å². The van der Waals surface area contributed by atoms with Crippen molar-refractivity contribution < 1.29 is 23.8 Å². The summed E-state index contributed by atoms with van der Waals surface area (Å²) in [6.45, 7) is 5.62. The summed E-state index contributed by atoms with van der Waals surface area (Å²) in [5.41, 5.74) is 1.47. The highest BCUT2D eigenvalue weighted by atomic mass is 16.6. The molecule has 0 aromatic heterocycles. The van der Waals surface area contributed by atoms with Gasteiger partial charge in [0.15, 0.2) is 0 Å². The molecule has 1 aliphatic heterocycles. The lowest BCUT2D eigenvalue weighted by atomic mass is 10.1. The van der Waals surface area contributed by atoms with Crippen LogP contribution in [0.25, 0.3) is 11.1 Å². The molecule has 0 unspecified atom stereocenters. The van der Waals surface area contributed by atoms with E-state index in [-0.39, 0.29) is 12.6 Å². The van der Waals surface area contributed by atoms with Gasteiger partial charge in [-0.05, 0) is 44.0 Å². The van der Waals surface area contributed by atoms with Gasteiger partial charge in [0.25, 0.3) is 0 Å². The van der Waals surface area contributed by atoms with Crippen molar-refractivity contribution in [2.45, 2.75) is 44.9 Å². The molecule has 1 fully saturated rings. The van der Waals surface area contributed by atoms with Crippen molar-refractivity contribution in [1.82, 2.24) is 4.90 Å². The monoisotopic (exact) mass is 397 g/mol. The summed E-state index contributed by atoms with van der Waals surface area (Å²) in [6, 6.07) is 17.1. The third-order valence-corrected chi connectivity index (χ3v) is 4.61. The van der Waals surface area contributed by atoms with Crippen LogP contribution in [0.2, 0.25) is 0 Å². The average molecular weight is 397 g/mol. The van der Waals surface area contributed by atoms with Gasteiger partial charge in [0, 0.05) is 6.42 Å². The summed E-state index contributed by atoms with van der Waals surface area (Å²) < 4.78 is 16.4. The highest BCUT2D eigenvalue weighted by molar-refractivity contribution is 5.82. The first kappa shape index (κ1) is 20.7. The van der Waals surface area contributed by atoms with Crippen molar-refractivity contribution in [3.63, 3.8) is 0 Å². The Morgan fingerprint density at radius 2 is 1.69 bits per heavy atom. The van der Waals surface area contributed by atoms with Crippen LogP contribution in [0.3, 0.4) is 0 Å². The Kier molecular flexibility index (Phi) is 6.11. The molecule has 2 aromatic rings. The van der Waals surface area contributed by atoms with E-state index in [0.29, 0.717) is 12.2 Å². The maximum Gasteiger partial charge on any atom is 0.411 e. The number of carbonyl (C=O) groups excluding carboxylic acids is 2. The predicted octanol–water partition coefficient (Wildman–Crippen LogP) is 4.28. The minimum atomic E-state index is -0.725. The van der Waals surface area contributed by atoms with Crippen LogP contribution in [-0.2, 0) is 14.3 Å². The molecule has 0 saturated carbocycles. The van der Waals surface area contributed by atoms with Crippen LogP contribution in [0.1, 0.15) is 27.2 Å². The Balaban J connectivity index is 1.75. The summed E-state index contributed by atoms with van der Waals surface area (Å²) >= 11 is 0. The summed E-state index contributed by atoms with van der Waals surface area (Å²) in [5, 5.41) is 0. The van der Waals surface area contributed by atoms with Gasteiger partial charge in [-0.15, -0.1) is 0 Å². The van der Waals surface area contributed by atoms with Crippen LogP contribution in [-0.4, -0.2) is 48.4 Å². The number of nitrogens with zero attached hydrogens (tertiary/aromatic N) is 1. The van der Waals surface area contributed by atoms with E-state index in [1.807, 2.05) is 54.6 Å². The van der Waals surface area contributed by atoms with Crippen LogP contribution < -0.4 is 4.74 Å². The van der Waals surface area contributed by atoms with E-state index in [1.165, 1.54) is 12.0 Å². The van der Waals surface area contributed by atoms with Crippen LogP contribution in [0.15, 0.2) is 54.6 Å². The lowest BCUT2D eigenvalue weighted by Gasteiger charge is -2.27. The lowest BCUT2D eigenvalue weighted by molar-refractivity contribution is -0.145. The predicted molar refractivity (Wildman–Crippen MR) is 110 cm³/mol. The van der Waals surface area contributed by atoms with Gasteiger partial charge >= 0.3 is 12.1 Å². The van der Waals surface area contributed by atoms with Gasteiger partial charge in [-0.25, -0.2) is 9.59 Å². The molecule has 0 aliphatic carbocycles. The second kappa shape index (κ2) is 8.55. The molecule has 29 heavy (non-hydrogen) atoms. The summed E-state index contributed by atoms with van der Waals surface area (Å²) in [7, 11) is 1.31. The molecule has 1 aliphatic rings. The number of methoxy groups -OCH3 is 1. The molecule has 1 amide bonds. The highest BCUT2D eigenvalue weighted by Crippen LogP contribution is 2.28. The Hall–Kier alpha value is -3.02. The normalized spacial score (nSPS) is 19.0. The molecule has 6 heteroatoms. The molecule has 2 atom stereocenters. The average Bonchev–Trinajstić information content (AvgIpc) is 3.11. The fourth-order valence-corrected chi connectivity index (χ4v) is 3.34. The van der Waals surface area contributed by atoms with Crippen LogP contribution in [0, 0.1) is 0 Å². The molecule has 1 saturated heterocycles. The second-order valence-corrected chi connectivity index (χ2v) is 8.04. The van der Waals surface area contributed by atoms with E-state index < -0.39 is 23.7 Å². The van der Waals surface area contributed by atoms with Crippen molar-refractivity contribution in [2.75, 3.05) is 13.7 Å². The number of hydrogen-bond donors (Lipinski definition) is 0. The van der Waals surface area contributed by atoms with Crippen molar-refractivity contribution in [3.8, 4) is 16.9 Å². The topological polar surface area (TPSA) is 65.1 Å². The Labute approximate surface area is 171 Å². The number of benzene rings is 2. The van der Waals surface area contributed by atoms with E-state index >= 15 is 0 Å². The number of hydrogen-bond acceptors (Lipinski definition) is 5. The third kappa shape index (κ3) is 5.28. The number of amides is 1. The van der Waals surface area contributed by atoms with E-state index in [1.54, 1.807) is 20.8 Å². The fourth-order valence-electron chi connectivity index (χ4n) is 3.34. The van der Waals surface area contributed by atoms with Crippen molar-refractivity contribution in [1.29, 1.82) is 0 Å². The second-order valence-electron chi connectivity index (χ2n) is 8.04. The van der Waals surface area contributed by atoms with E-state index in [9.17, 15) is 9.59 Å². The Bertz CT molecular complexity index is 859. The molecule has 0 bridgehead atoms. The highest BCUT2D eigenvalue weighted by Gasteiger charge is 2.43. The molecule has 154 valence electrons. The number of carbonyl (C=O) groups is 2. The van der Waals surface area contributed by atoms with E-state index in [0.717, 1.165) is 11.1 Å². The number of likely N-dealkylation sites (tertiary alicyclic amines) is 1. The molecular weight excluding hydrogens is 370 g/mol. The maximum atomic E-state index is 12.6. The fraction of sp³-hybridized carbons (Fsp3) is 0.391. The molecule has 0 N–H and O–H groups in total. The molecule has 3 rings (SSSR count). The Morgan fingerprint density at radius 1 is 1.00 bits per heavy atom. The van der Waals surface area contributed by atoms with Crippen molar-refractivity contribution >= 4 is 12.1 Å². The van der Waals surface area contributed by atoms with Crippen LogP contribution >= 0.6 is 0 Å². The van der Waals surface area contributed by atoms with Crippen molar-refractivity contribution in [2.24, 2.45) is 0 Å². The van der Waals surface area contributed by atoms with Gasteiger partial charge in [0.2, 0.25) is 0 Å². The minimum absolute atomic E-state index is 0.254.